The first-order valence-electron chi connectivity index (χ1n) is 9.22. The minimum absolute atomic E-state index is 0. The van der Waals surface area contributed by atoms with Gasteiger partial charge in [-0.05, 0) is 25.0 Å². The van der Waals surface area contributed by atoms with Crippen LogP contribution in [0.4, 0.5) is 5.69 Å². The molecule has 4 heteroatoms. The van der Waals surface area contributed by atoms with Gasteiger partial charge in [0, 0.05) is 5.69 Å². The molecule has 1 amide bonds. The van der Waals surface area contributed by atoms with E-state index < -0.39 is 0 Å². The molecule has 0 aliphatic carbocycles. The van der Waals surface area contributed by atoms with Crippen LogP contribution >= 0.6 is 11.6 Å². The number of carbonyl (C=O) groups excluding carboxylic acids is 1. The Labute approximate surface area is 189 Å². The van der Waals surface area contributed by atoms with Crippen molar-refractivity contribution in [1.29, 1.82) is 0 Å². The Hall–Kier alpha value is -1.46. The molecule has 0 radical (unpaired) electrons. The molecule has 0 spiro atoms. The van der Waals surface area contributed by atoms with E-state index in [1.54, 1.807) is 6.42 Å². The predicted molar refractivity (Wildman–Crippen MR) is 120 cm³/mol. The number of anilines is 1. The summed E-state index contributed by atoms with van der Waals surface area (Å²) >= 11 is 5.65. The number of nitrogens with one attached hydrogen (secondary N) is 1. The van der Waals surface area contributed by atoms with Crippen molar-refractivity contribution in [2.75, 3.05) is 5.32 Å². The normalized spacial score (nSPS) is 8.93. The molecule has 2 aromatic rings. The molecule has 0 aliphatic rings. The molecule has 0 bridgehead atoms. The molecule has 150 valence electrons. The maximum absolute atomic E-state index is 11.4. The summed E-state index contributed by atoms with van der Waals surface area (Å²) in [4.78, 5) is 11.4. The van der Waals surface area contributed by atoms with E-state index in [0.717, 1.165) is 46.7 Å². The van der Waals surface area contributed by atoms with E-state index in [9.17, 15) is 4.79 Å². The minimum atomic E-state index is -0.0232. The Kier molecular flexibility index (Phi) is 18.1. The van der Waals surface area contributed by atoms with Gasteiger partial charge in [-0.2, -0.15) is 49.4 Å². The zero-order chi connectivity index (χ0) is 20.7. The maximum atomic E-state index is 11.4. The van der Waals surface area contributed by atoms with Crippen molar-refractivity contribution < 1.29 is 23.7 Å². The summed E-state index contributed by atoms with van der Waals surface area (Å²) in [6.07, 6.45) is 5.63. The molecule has 28 heavy (non-hydrogen) atoms. The van der Waals surface area contributed by atoms with Gasteiger partial charge in [0.15, 0.2) is 0 Å². The van der Waals surface area contributed by atoms with Crippen molar-refractivity contribution >= 4 is 23.2 Å². The molecule has 0 heterocycles. The average molecular weight is 393 g/mol. The molecule has 0 aromatic heterocycles. The summed E-state index contributed by atoms with van der Waals surface area (Å²) < 4.78 is 0. The quantitative estimate of drug-likeness (QED) is 0.599. The summed E-state index contributed by atoms with van der Waals surface area (Å²) in [5, 5.41) is 3.61. The van der Waals surface area contributed by atoms with Crippen LogP contribution in [0.15, 0.2) is 42.5 Å². The van der Waals surface area contributed by atoms with Crippen LogP contribution in [0, 0.1) is 41.0 Å². The zero-order valence-electron chi connectivity index (χ0n) is 17.9. The number of carbonyl (C=O) groups is 1. The van der Waals surface area contributed by atoms with Crippen molar-refractivity contribution in [2.45, 2.75) is 46.5 Å². The molecule has 2 rings (SSSR count). The van der Waals surface area contributed by atoms with Gasteiger partial charge in [-0.25, -0.2) is 0 Å². The van der Waals surface area contributed by atoms with Crippen molar-refractivity contribution in [2.24, 2.45) is 0 Å². The Bertz CT molecular complexity index is 630. The fraction of sp³-hybridized carbons (Fsp3) is 0.292. The fourth-order valence-electron chi connectivity index (χ4n) is 2.05. The summed E-state index contributed by atoms with van der Waals surface area (Å²) in [6, 6.07) is 13.5. The van der Waals surface area contributed by atoms with Crippen molar-refractivity contribution in [3.63, 3.8) is 0 Å². The summed E-state index contributed by atoms with van der Waals surface area (Å²) in [7, 11) is 0. The van der Waals surface area contributed by atoms with Gasteiger partial charge in [0.2, 0.25) is 0 Å². The Balaban J connectivity index is 0. The summed E-state index contributed by atoms with van der Waals surface area (Å²) in [6.45, 7) is 16.9. The number of para-hydroxylation sites is 1. The molecule has 0 saturated carbocycles. The smallest absolute Gasteiger partial charge is 0.351 e. The summed E-state index contributed by atoms with van der Waals surface area (Å²) in [5.74, 6) is -0.0232. The van der Waals surface area contributed by atoms with E-state index in [-0.39, 0.29) is 24.8 Å². The molecule has 2 nitrogen and oxygen atoms in total. The van der Waals surface area contributed by atoms with Crippen LogP contribution in [0.3, 0.4) is 0 Å². The van der Waals surface area contributed by atoms with Gasteiger partial charge in [0.1, 0.15) is 0 Å². The van der Waals surface area contributed by atoms with Gasteiger partial charge < -0.3 is 30.4 Å². The number of amides is 1. The van der Waals surface area contributed by atoms with E-state index in [0.29, 0.717) is 0 Å². The standard InChI is InChI=1S/C12H16NO.C7H6Cl.C5H10.Li/c1-4-6-11(14)13-12-9(2)7-5-8-10(12)3;1-6-4-2-3-5-7(6)8;1-3-5-4-2;/h5-8H,4H2,1-3H3,(H,13,14);2-5H,1H2;1-5H2;/q2*-1;-2;+1. The molecular weight excluding hydrogens is 361 g/mol. The van der Waals surface area contributed by atoms with Crippen LogP contribution in [0.1, 0.15) is 49.3 Å². The number of hydrogen-bond donors (Lipinski definition) is 1. The van der Waals surface area contributed by atoms with Gasteiger partial charge in [-0.15, -0.1) is 18.6 Å². The van der Waals surface area contributed by atoms with Crippen LogP contribution in [-0.2, 0) is 4.79 Å². The number of rotatable bonds is 5. The molecule has 2 aromatic carbocycles. The van der Waals surface area contributed by atoms with Gasteiger partial charge >= 0.3 is 18.9 Å². The average Bonchev–Trinajstić information content (AvgIpc) is 2.63. The second-order valence-electron chi connectivity index (χ2n) is 6.02. The Morgan fingerprint density at radius 1 is 1.04 bits per heavy atom. The fourth-order valence-corrected chi connectivity index (χ4v) is 2.18. The van der Waals surface area contributed by atoms with E-state index in [1.165, 1.54) is 6.42 Å². The topological polar surface area (TPSA) is 29.1 Å². The molecule has 0 saturated heterocycles. The van der Waals surface area contributed by atoms with Crippen LogP contribution in [0.2, 0.25) is 5.02 Å². The molecule has 0 unspecified atom stereocenters. The number of aryl methyl sites for hydroxylation is 2. The Morgan fingerprint density at radius 2 is 1.57 bits per heavy atom. The van der Waals surface area contributed by atoms with Gasteiger partial charge in [0.05, 0.1) is 5.91 Å². The molecular formula is C24H32ClLiNO-3. The first kappa shape index (κ1) is 28.7. The first-order chi connectivity index (χ1) is 12.9. The number of halogens is 1. The molecule has 1 N–H and O–H groups in total. The van der Waals surface area contributed by atoms with Crippen molar-refractivity contribution in [3.05, 3.63) is 91.4 Å². The monoisotopic (exact) mass is 392 g/mol. The van der Waals surface area contributed by atoms with E-state index in [4.69, 9.17) is 11.6 Å². The molecule has 0 aliphatic heterocycles. The van der Waals surface area contributed by atoms with Crippen molar-refractivity contribution in [3.8, 4) is 0 Å². The van der Waals surface area contributed by atoms with Crippen molar-refractivity contribution in [1.82, 2.24) is 0 Å². The predicted octanol–water partition coefficient (Wildman–Crippen LogP) is 4.21. The first-order valence-corrected chi connectivity index (χ1v) is 9.60. The van der Waals surface area contributed by atoms with Crippen LogP contribution in [-0.4, -0.2) is 5.91 Å². The van der Waals surface area contributed by atoms with Crippen LogP contribution in [0.25, 0.3) is 0 Å². The number of unbranched alkanes of at least 4 members (excludes halogenated alkanes) is 2. The third-order valence-electron chi connectivity index (χ3n) is 3.58. The van der Waals surface area contributed by atoms with E-state index >= 15 is 0 Å². The summed E-state index contributed by atoms with van der Waals surface area (Å²) in [5.41, 5.74) is 4.02. The van der Waals surface area contributed by atoms with E-state index in [1.807, 2.05) is 63.2 Å². The maximum Gasteiger partial charge on any atom is 1.00 e. The van der Waals surface area contributed by atoms with Gasteiger partial charge in [-0.1, -0.05) is 36.2 Å². The van der Waals surface area contributed by atoms with Crippen LogP contribution < -0.4 is 24.2 Å². The minimum Gasteiger partial charge on any atom is -0.351 e. The van der Waals surface area contributed by atoms with Gasteiger partial charge in [0.25, 0.3) is 0 Å². The molecule has 0 atom stereocenters. The largest absolute Gasteiger partial charge is 1.00 e. The third kappa shape index (κ3) is 12.8. The SMILES string of the molecule is CC[CH-]C(=O)Nc1c(C)cccc1C.[CH2-]CCC[CH2-].[CH2-]c1ccccc1Cl.[Li+]. The third-order valence-corrected chi connectivity index (χ3v) is 3.95. The van der Waals surface area contributed by atoms with Gasteiger partial charge in [-0.3, -0.25) is 0 Å². The molecule has 0 fully saturated rings. The second-order valence-corrected chi connectivity index (χ2v) is 6.43. The van der Waals surface area contributed by atoms with E-state index in [2.05, 4.69) is 26.1 Å². The zero-order valence-corrected chi connectivity index (χ0v) is 18.6. The number of benzene rings is 2. The number of hydrogen-bond acceptors (Lipinski definition) is 1. The Morgan fingerprint density at radius 3 is 1.93 bits per heavy atom. The van der Waals surface area contributed by atoms with Crippen LogP contribution in [0.5, 0.6) is 0 Å². The second kappa shape index (κ2) is 17.6.